The minimum atomic E-state index is -0.322. The molecule has 2 aromatic carbocycles. The number of hydrogen-bond donors (Lipinski definition) is 2. The predicted molar refractivity (Wildman–Crippen MR) is 100 cm³/mol. The first-order valence-electron chi connectivity index (χ1n) is 8.40. The zero-order valence-electron chi connectivity index (χ0n) is 15.3. The van der Waals surface area contributed by atoms with Crippen molar-refractivity contribution in [2.75, 3.05) is 18.7 Å². The second-order valence-electron chi connectivity index (χ2n) is 6.63. The van der Waals surface area contributed by atoms with E-state index in [1.807, 2.05) is 49.4 Å². The summed E-state index contributed by atoms with van der Waals surface area (Å²) >= 11 is 0. The van der Waals surface area contributed by atoms with Crippen LogP contribution in [0.4, 0.5) is 10.5 Å². The van der Waals surface area contributed by atoms with E-state index in [-0.39, 0.29) is 18.2 Å². The van der Waals surface area contributed by atoms with Crippen LogP contribution in [0.1, 0.15) is 33.3 Å². The SMILES string of the molecule is CCOc1ccccc1OCNC(=O)Nc1ccc(C(C)(C)C)cc1. The molecule has 0 fully saturated rings. The molecule has 0 aromatic heterocycles. The second-order valence-corrected chi connectivity index (χ2v) is 6.63. The van der Waals surface area contributed by atoms with Crippen molar-refractivity contribution < 1.29 is 14.3 Å². The fourth-order valence-corrected chi connectivity index (χ4v) is 2.25. The summed E-state index contributed by atoms with van der Waals surface area (Å²) in [6.45, 7) is 8.97. The number of nitrogens with one attached hydrogen (secondary N) is 2. The lowest BCUT2D eigenvalue weighted by Crippen LogP contribution is -2.32. The monoisotopic (exact) mass is 342 g/mol. The Morgan fingerprint density at radius 1 is 0.960 bits per heavy atom. The van der Waals surface area contributed by atoms with Crippen LogP contribution in [0.5, 0.6) is 11.5 Å². The highest BCUT2D eigenvalue weighted by molar-refractivity contribution is 5.89. The molecule has 0 aliphatic rings. The van der Waals surface area contributed by atoms with Gasteiger partial charge in [0.15, 0.2) is 18.2 Å². The zero-order valence-corrected chi connectivity index (χ0v) is 15.3. The molecule has 5 nitrogen and oxygen atoms in total. The third-order valence-corrected chi connectivity index (χ3v) is 3.62. The summed E-state index contributed by atoms with van der Waals surface area (Å²) in [6.07, 6.45) is 0. The van der Waals surface area contributed by atoms with Gasteiger partial charge in [-0.2, -0.15) is 0 Å². The van der Waals surface area contributed by atoms with Crippen molar-refractivity contribution in [3.05, 3.63) is 54.1 Å². The number of benzene rings is 2. The molecule has 0 radical (unpaired) electrons. The van der Waals surface area contributed by atoms with Crippen LogP contribution in [-0.4, -0.2) is 19.4 Å². The molecule has 2 amide bonds. The van der Waals surface area contributed by atoms with Gasteiger partial charge in [0, 0.05) is 5.69 Å². The smallest absolute Gasteiger partial charge is 0.321 e. The van der Waals surface area contributed by atoms with E-state index in [0.29, 0.717) is 18.1 Å². The van der Waals surface area contributed by atoms with E-state index in [1.165, 1.54) is 5.56 Å². The minimum absolute atomic E-state index is 0.0516. The molecule has 0 atom stereocenters. The molecule has 2 aromatic rings. The first kappa shape index (κ1) is 18.6. The standard InChI is InChI=1S/C20H26N2O3/c1-5-24-17-8-6-7-9-18(17)25-14-21-19(23)22-16-12-10-15(11-13-16)20(2,3)4/h6-13H,5,14H2,1-4H3,(H2,21,22,23). The van der Waals surface area contributed by atoms with Crippen molar-refractivity contribution in [3.8, 4) is 11.5 Å². The van der Waals surface area contributed by atoms with E-state index in [2.05, 4.69) is 31.4 Å². The van der Waals surface area contributed by atoms with E-state index in [4.69, 9.17) is 9.47 Å². The van der Waals surface area contributed by atoms with Gasteiger partial charge in [-0.3, -0.25) is 0 Å². The maximum absolute atomic E-state index is 12.0. The van der Waals surface area contributed by atoms with Crippen LogP contribution in [0.15, 0.2) is 48.5 Å². The number of amides is 2. The lowest BCUT2D eigenvalue weighted by molar-refractivity contribution is 0.229. The second kappa shape index (κ2) is 8.42. The summed E-state index contributed by atoms with van der Waals surface area (Å²) in [5.74, 6) is 1.25. The van der Waals surface area contributed by atoms with Crippen LogP contribution in [0, 0.1) is 0 Å². The van der Waals surface area contributed by atoms with Gasteiger partial charge in [-0.15, -0.1) is 0 Å². The van der Waals surface area contributed by atoms with Crippen molar-refractivity contribution in [2.45, 2.75) is 33.1 Å². The molecule has 0 saturated carbocycles. The molecule has 2 N–H and O–H groups in total. The molecule has 0 spiro atoms. The first-order valence-corrected chi connectivity index (χ1v) is 8.40. The highest BCUT2D eigenvalue weighted by Crippen LogP contribution is 2.26. The van der Waals surface area contributed by atoms with E-state index >= 15 is 0 Å². The molecule has 0 unspecified atom stereocenters. The Kier molecular flexibility index (Phi) is 6.28. The van der Waals surface area contributed by atoms with Crippen LogP contribution in [0.2, 0.25) is 0 Å². The van der Waals surface area contributed by atoms with Gasteiger partial charge in [-0.25, -0.2) is 4.79 Å². The third kappa shape index (κ3) is 5.71. The van der Waals surface area contributed by atoms with Crippen molar-refractivity contribution in [1.82, 2.24) is 5.32 Å². The van der Waals surface area contributed by atoms with Gasteiger partial charge in [-0.1, -0.05) is 45.0 Å². The van der Waals surface area contributed by atoms with Crippen molar-refractivity contribution >= 4 is 11.7 Å². The van der Waals surface area contributed by atoms with Crippen LogP contribution in [-0.2, 0) is 5.41 Å². The van der Waals surface area contributed by atoms with E-state index in [1.54, 1.807) is 6.07 Å². The minimum Gasteiger partial charge on any atom is -0.490 e. The Morgan fingerprint density at radius 3 is 2.12 bits per heavy atom. The van der Waals surface area contributed by atoms with Crippen LogP contribution >= 0.6 is 0 Å². The molecule has 0 heterocycles. The molecule has 0 aliphatic carbocycles. The average molecular weight is 342 g/mol. The van der Waals surface area contributed by atoms with Crippen molar-refractivity contribution in [1.29, 1.82) is 0 Å². The van der Waals surface area contributed by atoms with E-state index in [9.17, 15) is 4.79 Å². The number of hydrogen-bond acceptors (Lipinski definition) is 3. The number of carbonyl (C=O) groups excluding carboxylic acids is 1. The zero-order chi connectivity index (χ0) is 18.3. The summed E-state index contributed by atoms with van der Waals surface area (Å²) in [6, 6.07) is 14.9. The number of rotatable bonds is 6. The number of carbonyl (C=O) groups is 1. The number of ether oxygens (including phenoxy) is 2. The highest BCUT2D eigenvalue weighted by atomic mass is 16.5. The van der Waals surface area contributed by atoms with Crippen LogP contribution in [0.3, 0.4) is 0 Å². The summed E-state index contributed by atoms with van der Waals surface area (Å²) in [5.41, 5.74) is 2.04. The summed E-state index contributed by atoms with van der Waals surface area (Å²) < 4.78 is 11.0. The Hall–Kier alpha value is -2.69. The predicted octanol–water partition coefficient (Wildman–Crippen LogP) is 4.54. The molecule has 0 aliphatic heterocycles. The molecule has 0 bridgehead atoms. The Labute approximate surface area is 149 Å². The topological polar surface area (TPSA) is 59.6 Å². The molecule has 25 heavy (non-hydrogen) atoms. The Morgan fingerprint density at radius 2 is 1.56 bits per heavy atom. The van der Waals surface area contributed by atoms with Crippen LogP contribution in [0.25, 0.3) is 0 Å². The molecule has 0 saturated heterocycles. The van der Waals surface area contributed by atoms with Gasteiger partial charge >= 0.3 is 6.03 Å². The Balaban J connectivity index is 1.83. The highest BCUT2D eigenvalue weighted by Gasteiger charge is 2.13. The first-order chi connectivity index (χ1) is 11.9. The Bertz CT molecular complexity index is 691. The lowest BCUT2D eigenvalue weighted by Gasteiger charge is -2.19. The van der Waals surface area contributed by atoms with Gasteiger partial charge in [0.1, 0.15) is 0 Å². The van der Waals surface area contributed by atoms with Gasteiger partial charge in [0.25, 0.3) is 0 Å². The summed E-state index contributed by atoms with van der Waals surface area (Å²) in [7, 11) is 0. The molecule has 5 heteroatoms. The molecule has 2 rings (SSSR count). The van der Waals surface area contributed by atoms with E-state index < -0.39 is 0 Å². The van der Waals surface area contributed by atoms with Gasteiger partial charge < -0.3 is 20.1 Å². The van der Waals surface area contributed by atoms with Gasteiger partial charge in [0.2, 0.25) is 0 Å². The fraction of sp³-hybridized carbons (Fsp3) is 0.350. The normalized spacial score (nSPS) is 10.9. The van der Waals surface area contributed by atoms with E-state index in [0.717, 1.165) is 5.69 Å². The fourth-order valence-electron chi connectivity index (χ4n) is 2.25. The van der Waals surface area contributed by atoms with Crippen molar-refractivity contribution in [2.24, 2.45) is 0 Å². The van der Waals surface area contributed by atoms with Gasteiger partial charge in [-0.05, 0) is 42.2 Å². The molecule has 134 valence electrons. The van der Waals surface area contributed by atoms with Crippen LogP contribution < -0.4 is 20.1 Å². The third-order valence-electron chi connectivity index (χ3n) is 3.62. The molecular formula is C20H26N2O3. The van der Waals surface area contributed by atoms with Gasteiger partial charge in [0.05, 0.1) is 6.61 Å². The number of para-hydroxylation sites is 2. The largest absolute Gasteiger partial charge is 0.490 e. The number of urea groups is 1. The maximum Gasteiger partial charge on any atom is 0.321 e. The average Bonchev–Trinajstić information content (AvgIpc) is 2.56. The number of anilines is 1. The summed E-state index contributed by atoms with van der Waals surface area (Å²) in [4.78, 5) is 12.0. The summed E-state index contributed by atoms with van der Waals surface area (Å²) in [5, 5.41) is 5.45. The van der Waals surface area contributed by atoms with Crippen molar-refractivity contribution in [3.63, 3.8) is 0 Å². The quantitative estimate of drug-likeness (QED) is 0.758. The molecular weight excluding hydrogens is 316 g/mol. The lowest BCUT2D eigenvalue weighted by atomic mass is 9.87. The maximum atomic E-state index is 12.0.